The summed E-state index contributed by atoms with van der Waals surface area (Å²) in [5, 5.41) is 24.2. The fraction of sp³-hybridized carbons (Fsp3) is 0.393. The van der Waals surface area contributed by atoms with Crippen molar-refractivity contribution in [3.05, 3.63) is 74.9 Å². The number of aromatic amines is 1. The van der Waals surface area contributed by atoms with Crippen LogP contribution in [-0.4, -0.2) is 92.8 Å². The van der Waals surface area contributed by atoms with E-state index in [1.54, 1.807) is 29.0 Å². The van der Waals surface area contributed by atoms with Gasteiger partial charge in [-0.1, -0.05) is 11.6 Å². The number of nitrogens with one attached hydrogen (secondary N) is 1. The summed E-state index contributed by atoms with van der Waals surface area (Å²) in [7, 11) is 0. The van der Waals surface area contributed by atoms with Crippen molar-refractivity contribution in [3.8, 4) is 16.9 Å². The number of carbonyl (C=O) groups is 1. The number of aliphatic carboxylic acids is 1. The lowest BCUT2D eigenvalue weighted by Gasteiger charge is -2.40. The number of imidazole rings is 1. The third-order valence-electron chi connectivity index (χ3n) is 8.56. The first kappa shape index (κ1) is 28.0. The van der Waals surface area contributed by atoms with Crippen LogP contribution in [0.1, 0.15) is 43.1 Å². The van der Waals surface area contributed by atoms with Crippen molar-refractivity contribution in [3.63, 3.8) is 0 Å². The third-order valence-corrected chi connectivity index (χ3v) is 10.3. The lowest BCUT2D eigenvalue weighted by molar-refractivity contribution is -0.142. The Balaban J connectivity index is 1.15. The Morgan fingerprint density at radius 2 is 2.12 bits per heavy atom. The quantitative estimate of drug-likeness (QED) is 0.313. The highest BCUT2D eigenvalue weighted by Gasteiger charge is 2.50. The zero-order valence-electron chi connectivity index (χ0n) is 23.2. The molecule has 0 saturated carbocycles. The van der Waals surface area contributed by atoms with Gasteiger partial charge in [-0.25, -0.2) is 9.97 Å². The Labute approximate surface area is 254 Å². The number of fused-ring (bicyclic) bond motifs is 1. The SMILES string of the molecule is CC(N1CCOCC1)C1(C(=O)O)CC(c2cnc([C@@H]3CCc4nc(-c5cc(Cl)ccc5-n5cnnn5)cc(=O)n43)[nH]2)=CS1. The molecule has 43 heavy (non-hydrogen) atoms. The number of aryl methyl sites for hydroxylation is 1. The van der Waals surface area contributed by atoms with Gasteiger partial charge in [0.1, 0.15) is 22.7 Å². The molecule has 6 heterocycles. The van der Waals surface area contributed by atoms with Crippen molar-refractivity contribution in [2.24, 2.45) is 0 Å². The second kappa shape index (κ2) is 11.0. The van der Waals surface area contributed by atoms with Crippen LogP contribution in [0.3, 0.4) is 0 Å². The Hall–Kier alpha value is -3.85. The van der Waals surface area contributed by atoms with Gasteiger partial charge >= 0.3 is 5.97 Å². The van der Waals surface area contributed by atoms with E-state index in [4.69, 9.17) is 21.3 Å². The van der Waals surface area contributed by atoms with Crippen LogP contribution in [0.25, 0.3) is 22.5 Å². The van der Waals surface area contributed by atoms with Crippen molar-refractivity contribution in [2.75, 3.05) is 26.3 Å². The molecule has 0 amide bonds. The number of hydrogen-bond donors (Lipinski definition) is 2. The zero-order valence-corrected chi connectivity index (χ0v) is 24.8. The van der Waals surface area contributed by atoms with Gasteiger partial charge in [0.15, 0.2) is 0 Å². The monoisotopic (exact) mass is 621 g/mol. The van der Waals surface area contributed by atoms with Crippen molar-refractivity contribution in [2.45, 2.75) is 43.0 Å². The molecule has 1 saturated heterocycles. The first-order valence-corrected chi connectivity index (χ1v) is 15.2. The van der Waals surface area contributed by atoms with Crippen LogP contribution >= 0.6 is 23.4 Å². The maximum absolute atomic E-state index is 13.5. The summed E-state index contributed by atoms with van der Waals surface area (Å²) in [6.07, 6.45) is 4.80. The van der Waals surface area contributed by atoms with E-state index >= 15 is 0 Å². The Morgan fingerprint density at radius 1 is 1.28 bits per heavy atom. The van der Waals surface area contributed by atoms with Gasteiger partial charge in [-0.05, 0) is 53.0 Å². The fourth-order valence-corrected chi connectivity index (χ4v) is 7.63. The third kappa shape index (κ3) is 4.87. The zero-order chi connectivity index (χ0) is 29.7. The summed E-state index contributed by atoms with van der Waals surface area (Å²) >= 11 is 7.66. The van der Waals surface area contributed by atoms with Crippen molar-refractivity contribution in [1.29, 1.82) is 0 Å². The predicted molar refractivity (Wildman–Crippen MR) is 159 cm³/mol. The van der Waals surface area contributed by atoms with Crippen LogP contribution in [-0.2, 0) is 16.0 Å². The van der Waals surface area contributed by atoms with E-state index in [0.717, 1.165) is 11.3 Å². The number of thioether (sulfide) groups is 1. The first-order valence-electron chi connectivity index (χ1n) is 14.0. The summed E-state index contributed by atoms with van der Waals surface area (Å²) in [6, 6.07) is 6.25. The van der Waals surface area contributed by atoms with Gasteiger partial charge < -0.3 is 14.8 Å². The number of benzene rings is 1. The summed E-state index contributed by atoms with van der Waals surface area (Å²) in [5.41, 5.74) is 3.22. The Bertz CT molecular complexity index is 1780. The largest absolute Gasteiger partial charge is 0.480 e. The predicted octanol–water partition coefficient (Wildman–Crippen LogP) is 2.82. The number of hydrogen-bond acceptors (Lipinski definition) is 10. The number of ether oxygens (including phenoxy) is 1. The molecule has 4 aromatic rings. The molecule has 7 rings (SSSR count). The van der Waals surface area contributed by atoms with Crippen molar-refractivity contribution >= 4 is 34.9 Å². The number of carboxylic acid groups (broad SMARTS) is 1. The topological polar surface area (TPSA) is 157 Å². The average molecular weight is 622 g/mol. The van der Waals surface area contributed by atoms with E-state index in [-0.39, 0.29) is 17.6 Å². The number of aromatic nitrogens is 8. The van der Waals surface area contributed by atoms with Gasteiger partial charge in [-0.2, -0.15) is 4.68 Å². The van der Waals surface area contributed by atoms with E-state index in [1.165, 1.54) is 28.8 Å². The first-order chi connectivity index (χ1) is 20.8. The van der Waals surface area contributed by atoms with Crippen LogP contribution in [0.2, 0.25) is 5.02 Å². The molecule has 2 N–H and O–H groups in total. The maximum Gasteiger partial charge on any atom is 0.322 e. The maximum atomic E-state index is 13.5. The highest BCUT2D eigenvalue weighted by Crippen LogP contribution is 2.48. The normalized spacial score (nSPS) is 22.8. The van der Waals surface area contributed by atoms with Crippen LogP contribution in [0.4, 0.5) is 0 Å². The molecule has 222 valence electrons. The van der Waals surface area contributed by atoms with E-state index in [9.17, 15) is 14.7 Å². The van der Waals surface area contributed by atoms with Gasteiger partial charge in [-0.15, -0.1) is 16.9 Å². The second-order valence-corrected chi connectivity index (χ2v) is 12.5. The number of tetrazole rings is 1. The molecule has 1 aromatic carbocycles. The van der Waals surface area contributed by atoms with Gasteiger partial charge in [0.25, 0.3) is 5.56 Å². The molecule has 3 aliphatic heterocycles. The van der Waals surface area contributed by atoms with Gasteiger partial charge in [0.05, 0.1) is 42.5 Å². The van der Waals surface area contributed by atoms with Crippen molar-refractivity contribution < 1.29 is 14.6 Å². The van der Waals surface area contributed by atoms with E-state index in [0.29, 0.717) is 79.2 Å². The van der Waals surface area contributed by atoms with E-state index in [2.05, 4.69) is 30.4 Å². The minimum Gasteiger partial charge on any atom is -0.480 e. The molecule has 0 bridgehead atoms. The van der Waals surface area contributed by atoms with Gasteiger partial charge in [-0.3, -0.25) is 19.1 Å². The number of rotatable bonds is 7. The van der Waals surface area contributed by atoms with Crippen LogP contribution in [0.5, 0.6) is 0 Å². The molecule has 1 fully saturated rings. The number of nitrogens with zero attached hydrogens (tertiary/aromatic N) is 8. The van der Waals surface area contributed by atoms with Gasteiger partial charge in [0, 0.05) is 48.6 Å². The highest BCUT2D eigenvalue weighted by atomic mass is 35.5. The molecule has 3 atom stereocenters. The van der Waals surface area contributed by atoms with Crippen LogP contribution in [0.15, 0.2) is 47.0 Å². The molecule has 3 aromatic heterocycles. The van der Waals surface area contributed by atoms with Crippen LogP contribution < -0.4 is 5.56 Å². The molecular weight excluding hydrogens is 594 g/mol. The summed E-state index contributed by atoms with van der Waals surface area (Å²) < 4.78 is 7.64. The fourth-order valence-electron chi connectivity index (χ4n) is 6.21. The highest BCUT2D eigenvalue weighted by molar-refractivity contribution is 8.04. The van der Waals surface area contributed by atoms with E-state index in [1.807, 2.05) is 12.3 Å². The van der Waals surface area contributed by atoms with Crippen molar-refractivity contribution in [1.82, 2.24) is 44.6 Å². The Morgan fingerprint density at radius 3 is 2.88 bits per heavy atom. The lowest BCUT2D eigenvalue weighted by Crippen LogP contribution is -2.55. The lowest BCUT2D eigenvalue weighted by atomic mass is 9.90. The smallest absolute Gasteiger partial charge is 0.322 e. The molecule has 3 aliphatic rings. The number of carboxylic acids is 1. The van der Waals surface area contributed by atoms with Gasteiger partial charge in [0.2, 0.25) is 0 Å². The Kier molecular flexibility index (Phi) is 7.16. The second-order valence-electron chi connectivity index (χ2n) is 10.9. The molecule has 15 heteroatoms. The molecular formula is C28H28ClN9O4S. The number of morpholine rings is 1. The standard InChI is InChI=1S/C28H28ClN9O4S/c1-16(36-6-8-42-9-7-36)28(27(40)41)12-17(14-43-28)21-13-30-26(33-21)23-4-5-24-32-20(11-25(39)38(23)24)19-10-18(29)2-3-22(19)37-15-31-34-35-37/h2-3,10-11,13-16,23H,4-9,12H2,1H3,(H,30,33)(H,40,41)/t16?,23-,28?/m0/s1. The van der Waals surface area contributed by atoms with E-state index < -0.39 is 10.7 Å². The molecule has 0 radical (unpaired) electrons. The minimum atomic E-state index is -1.00. The number of H-pyrrole nitrogens is 1. The van der Waals surface area contributed by atoms with Crippen LogP contribution in [0, 0.1) is 0 Å². The molecule has 13 nitrogen and oxygen atoms in total. The minimum absolute atomic E-state index is 0.184. The number of halogens is 1. The summed E-state index contributed by atoms with van der Waals surface area (Å²) in [5.74, 6) is 0.457. The molecule has 2 unspecified atom stereocenters. The summed E-state index contributed by atoms with van der Waals surface area (Å²) in [4.78, 5) is 41.2. The molecule has 0 aliphatic carbocycles. The number of allylic oxidation sites excluding steroid dienone is 1. The molecule has 0 spiro atoms. The average Bonchev–Trinajstić information content (AvgIpc) is 3.83. The summed E-state index contributed by atoms with van der Waals surface area (Å²) in [6.45, 7) is 4.62.